The first-order chi connectivity index (χ1) is 13.7. The van der Waals surface area contributed by atoms with Crippen molar-refractivity contribution in [2.75, 3.05) is 19.6 Å². The average molecular weight is 409 g/mol. The van der Waals surface area contributed by atoms with Crippen LogP contribution in [0.1, 0.15) is 38.7 Å². The Kier molecular flexibility index (Phi) is 6.03. The van der Waals surface area contributed by atoms with Gasteiger partial charge in [0.2, 0.25) is 0 Å². The summed E-state index contributed by atoms with van der Waals surface area (Å²) in [6.45, 7) is 8.53. The van der Waals surface area contributed by atoms with Gasteiger partial charge in [-0.25, -0.2) is 18.0 Å². The number of amides is 3. The smallest absolute Gasteiger partial charge is 0.323 e. The largest absolute Gasteiger partial charge is 0.325 e. The van der Waals surface area contributed by atoms with Gasteiger partial charge >= 0.3 is 6.03 Å². The van der Waals surface area contributed by atoms with Gasteiger partial charge in [0.15, 0.2) is 11.6 Å². The number of benzene rings is 1. The molecular formula is C21H26F3N3O2. The molecular weight excluding hydrogens is 383 g/mol. The first kappa shape index (κ1) is 21.4. The van der Waals surface area contributed by atoms with E-state index in [1.165, 1.54) is 4.90 Å². The highest BCUT2D eigenvalue weighted by molar-refractivity contribution is 6.07. The van der Waals surface area contributed by atoms with E-state index in [9.17, 15) is 22.8 Å². The summed E-state index contributed by atoms with van der Waals surface area (Å²) >= 11 is 0. The van der Waals surface area contributed by atoms with Crippen LogP contribution in [0.3, 0.4) is 0 Å². The molecule has 0 aliphatic carbocycles. The van der Waals surface area contributed by atoms with E-state index < -0.39 is 29.0 Å². The first-order valence-corrected chi connectivity index (χ1v) is 9.82. The van der Waals surface area contributed by atoms with Gasteiger partial charge in [-0.15, -0.1) is 0 Å². The number of urea groups is 1. The molecule has 1 atom stereocenters. The molecule has 2 aliphatic heterocycles. The normalized spacial score (nSPS) is 23.6. The zero-order valence-electron chi connectivity index (χ0n) is 16.7. The Morgan fingerprint density at radius 1 is 1.21 bits per heavy atom. The van der Waals surface area contributed by atoms with Crippen LogP contribution in [0.4, 0.5) is 18.0 Å². The van der Waals surface area contributed by atoms with Crippen molar-refractivity contribution in [3.63, 3.8) is 0 Å². The number of nitrogens with zero attached hydrogens (tertiary/aromatic N) is 2. The highest BCUT2D eigenvalue weighted by Gasteiger charge is 2.54. The van der Waals surface area contributed by atoms with Gasteiger partial charge in [0, 0.05) is 12.1 Å². The molecule has 158 valence electrons. The Morgan fingerprint density at radius 3 is 2.41 bits per heavy atom. The summed E-state index contributed by atoms with van der Waals surface area (Å²) in [5, 5.41) is 2.89. The standard InChI is InChI=1S/C21H26F3N3O2/c1-4-21(19(28)27(11-13(2)3)20(29)25-21)14-7-9-26(10-8-14)12-15-16(22)5-6-17(23)18(15)24/h5-6,14H,2,4,7-12H2,1,3H3,(H,25,29)/t21-/m0/s1. The minimum Gasteiger partial charge on any atom is -0.323 e. The Bertz CT molecular complexity index is 837. The third-order valence-electron chi connectivity index (χ3n) is 5.99. The Morgan fingerprint density at radius 2 is 1.83 bits per heavy atom. The fourth-order valence-electron chi connectivity index (χ4n) is 4.38. The predicted molar refractivity (Wildman–Crippen MR) is 102 cm³/mol. The Hall–Kier alpha value is -2.35. The molecule has 2 fully saturated rings. The van der Waals surface area contributed by atoms with Crippen LogP contribution in [0.5, 0.6) is 0 Å². The van der Waals surface area contributed by atoms with Crippen molar-refractivity contribution >= 4 is 11.9 Å². The summed E-state index contributed by atoms with van der Waals surface area (Å²) in [5.74, 6) is -3.33. The summed E-state index contributed by atoms with van der Waals surface area (Å²) < 4.78 is 41.3. The number of carbonyl (C=O) groups excluding carboxylic acids is 2. The summed E-state index contributed by atoms with van der Waals surface area (Å²) in [6.07, 6.45) is 1.63. The minimum atomic E-state index is -1.16. The predicted octanol–water partition coefficient (Wildman–Crippen LogP) is 3.59. The third-order valence-corrected chi connectivity index (χ3v) is 5.99. The number of nitrogens with one attached hydrogen (secondary N) is 1. The molecule has 0 spiro atoms. The van der Waals surface area contributed by atoms with E-state index in [-0.39, 0.29) is 30.5 Å². The number of rotatable bonds is 6. The van der Waals surface area contributed by atoms with Crippen LogP contribution < -0.4 is 5.32 Å². The quantitative estimate of drug-likeness (QED) is 0.444. The minimum absolute atomic E-state index is 0.0383. The molecule has 0 unspecified atom stereocenters. The van der Waals surface area contributed by atoms with E-state index in [1.807, 2.05) is 11.8 Å². The van der Waals surface area contributed by atoms with Crippen LogP contribution >= 0.6 is 0 Å². The second-order valence-corrected chi connectivity index (χ2v) is 7.98. The highest BCUT2D eigenvalue weighted by Crippen LogP contribution is 2.36. The van der Waals surface area contributed by atoms with E-state index in [4.69, 9.17) is 0 Å². The van der Waals surface area contributed by atoms with Crippen molar-refractivity contribution in [2.45, 2.75) is 45.2 Å². The number of likely N-dealkylation sites (tertiary alicyclic amines) is 1. The van der Waals surface area contributed by atoms with Crippen molar-refractivity contribution in [1.82, 2.24) is 15.1 Å². The maximum absolute atomic E-state index is 14.0. The topological polar surface area (TPSA) is 52.7 Å². The Labute approximate surface area is 168 Å². The third kappa shape index (κ3) is 3.90. The number of carbonyl (C=O) groups is 2. The number of imide groups is 1. The van der Waals surface area contributed by atoms with Crippen LogP contribution in [-0.2, 0) is 11.3 Å². The molecule has 2 saturated heterocycles. The van der Waals surface area contributed by atoms with E-state index in [1.54, 1.807) is 6.92 Å². The molecule has 2 aliphatic rings. The molecule has 8 heteroatoms. The maximum atomic E-state index is 14.0. The van der Waals surface area contributed by atoms with Gasteiger partial charge in [-0.2, -0.15) is 0 Å². The van der Waals surface area contributed by atoms with Crippen LogP contribution in [0, 0.1) is 23.4 Å². The summed E-state index contributed by atoms with van der Waals surface area (Å²) in [5.41, 5.74) is -0.533. The van der Waals surface area contributed by atoms with Gasteiger partial charge in [0.1, 0.15) is 11.4 Å². The van der Waals surface area contributed by atoms with Crippen LogP contribution in [0.15, 0.2) is 24.3 Å². The molecule has 2 heterocycles. The van der Waals surface area contributed by atoms with Crippen LogP contribution in [0.25, 0.3) is 0 Å². The molecule has 3 amide bonds. The summed E-state index contributed by atoms with van der Waals surface area (Å²) in [7, 11) is 0. The van der Waals surface area contributed by atoms with E-state index >= 15 is 0 Å². The fraction of sp³-hybridized carbons (Fsp3) is 0.524. The first-order valence-electron chi connectivity index (χ1n) is 9.82. The number of piperidine rings is 1. The summed E-state index contributed by atoms with van der Waals surface area (Å²) in [6, 6.07) is 1.29. The highest BCUT2D eigenvalue weighted by atomic mass is 19.2. The lowest BCUT2D eigenvalue weighted by atomic mass is 9.75. The van der Waals surface area contributed by atoms with E-state index in [2.05, 4.69) is 11.9 Å². The molecule has 5 nitrogen and oxygen atoms in total. The van der Waals surface area contributed by atoms with Gasteiger partial charge < -0.3 is 5.32 Å². The molecule has 0 saturated carbocycles. The van der Waals surface area contributed by atoms with Gasteiger partial charge in [0.05, 0.1) is 6.54 Å². The number of hydrogen-bond acceptors (Lipinski definition) is 3. The number of halogens is 3. The van der Waals surface area contributed by atoms with Gasteiger partial charge in [0.25, 0.3) is 5.91 Å². The van der Waals surface area contributed by atoms with Crippen molar-refractivity contribution < 1.29 is 22.8 Å². The second kappa shape index (κ2) is 8.18. The second-order valence-electron chi connectivity index (χ2n) is 7.98. The SMILES string of the molecule is C=C(C)CN1C(=O)N[C@@](CC)(C2CCN(Cc3c(F)ccc(F)c3F)CC2)C1=O. The Balaban J connectivity index is 1.70. The lowest BCUT2D eigenvalue weighted by Crippen LogP contribution is -2.55. The zero-order valence-corrected chi connectivity index (χ0v) is 16.7. The molecule has 0 bridgehead atoms. The van der Waals surface area contributed by atoms with Gasteiger partial charge in [-0.1, -0.05) is 19.1 Å². The molecule has 0 radical (unpaired) electrons. The lowest BCUT2D eigenvalue weighted by Gasteiger charge is -2.40. The molecule has 1 aromatic rings. The van der Waals surface area contributed by atoms with E-state index in [0.717, 1.165) is 17.7 Å². The van der Waals surface area contributed by atoms with Crippen molar-refractivity contribution in [2.24, 2.45) is 5.92 Å². The van der Waals surface area contributed by atoms with Crippen molar-refractivity contribution in [3.05, 3.63) is 47.3 Å². The monoisotopic (exact) mass is 409 g/mol. The molecule has 3 rings (SSSR count). The van der Waals surface area contributed by atoms with Crippen molar-refractivity contribution in [1.29, 1.82) is 0 Å². The van der Waals surface area contributed by atoms with Crippen LogP contribution in [-0.4, -0.2) is 46.9 Å². The van der Waals surface area contributed by atoms with Crippen molar-refractivity contribution in [3.8, 4) is 0 Å². The molecule has 29 heavy (non-hydrogen) atoms. The number of hydrogen-bond donors (Lipinski definition) is 1. The fourth-order valence-corrected chi connectivity index (χ4v) is 4.38. The summed E-state index contributed by atoms with van der Waals surface area (Å²) in [4.78, 5) is 28.5. The lowest BCUT2D eigenvalue weighted by molar-refractivity contribution is -0.134. The van der Waals surface area contributed by atoms with Gasteiger partial charge in [-0.3, -0.25) is 14.6 Å². The zero-order chi connectivity index (χ0) is 21.3. The van der Waals surface area contributed by atoms with E-state index in [0.29, 0.717) is 32.4 Å². The molecule has 1 N–H and O–H groups in total. The van der Waals surface area contributed by atoms with Gasteiger partial charge in [-0.05, 0) is 57.3 Å². The van der Waals surface area contributed by atoms with Crippen LogP contribution in [0.2, 0.25) is 0 Å². The average Bonchev–Trinajstić information content (AvgIpc) is 2.93. The molecule has 0 aromatic heterocycles. The maximum Gasteiger partial charge on any atom is 0.325 e. The molecule has 1 aromatic carbocycles.